The minimum atomic E-state index is -1.72. The molecule has 0 aromatic carbocycles. The second-order valence-corrected chi connectivity index (χ2v) is 15.8. The highest BCUT2D eigenvalue weighted by atomic mass is 28.4. The van der Waals surface area contributed by atoms with Gasteiger partial charge in [0.2, 0.25) is 0 Å². The fourth-order valence-electron chi connectivity index (χ4n) is 5.86. The Kier molecular flexibility index (Phi) is 21.1. The van der Waals surface area contributed by atoms with Crippen LogP contribution in [0.5, 0.6) is 0 Å². The van der Waals surface area contributed by atoms with Crippen LogP contribution >= 0.6 is 0 Å². The highest BCUT2D eigenvalue weighted by Crippen LogP contribution is 2.42. The molecule has 0 amide bonds. The van der Waals surface area contributed by atoms with E-state index >= 15 is 0 Å². The molecule has 0 aromatic heterocycles. The van der Waals surface area contributed by atoms with E-state index in [1.54, 1.807) is 0 Å². The molecule has 0 N–H and O–H groups in total. The van der Waals surface area contributed by atoms with Crippen molar-refractivity contribution in [1.29, 1.82) is 0 Å². The molecule has 35 heavy (non-hydrogen) atoms. The van der Waals surface area contributed by atoms with Crippen molar-refractivity contribution >= 4 is 8.32 Å². The van der Waals surface area contributed by atoms with E-state index in [0.29, 0.717) is 5.41 Å². The molecule has 0 saturated carbocycles. The van der Waals surface area contributed by atoms with Gasteiger partial charge >= 0.3 is 0 Å². The number of hydrogen-bond acceptors (Lipinski definition) is 4. The lowest BCUT2D eigenvalue weighted by Gasteiger charge is -2.43. The molecule has 0 rings (SSSR count). The van der Waals surface area contributed by atoms with Gasteiger partial charge in [-0.25, -0.2) is 0 Å². The molecule has 1 atom stereocenters. The van der Waals surface area contributed by atoms with E-state index in [0.717, 1.165) is 0 Å². The van der Waals surface area contributed by atoms with Crippen LogP contribution in [0.2, 0.25) is 18.6 Å². The van der Waals surface area contributed by atoms with Gasteiger partial charge in [0.1, 0.15) is 0 Å². The van der Waals surface area contributed by atoms with E-state index in [9.17, 15) is 0 Å². The van der Waals surface area contributed by atoms with Crippen molar-refractivity contribution in [2.24, 2.45) is 5.41 Å². The lowest BCUT2D eigenvalue weighted by atomic mass is 9.79. The van der Waals surface area contributed by atoms with E-state index in [1.165, 1.54) is 129 Å². The molecule has 0 aliphatic carbocycles. The first-order valence-electron chi connectivity index (χ1n) is 15.5. The molecule has 0 bridgehead atoms. The minimum absolute atomic E-state index is 0.381. The average molecular weight is 514 g/mol. The van der Waals surface area contributed by atoms with Gasteiger partial charge in [-0.05, 0) is 141 Å². The SMILES string of the molecule is CCCN(CCC)CCC(CCN(CCC)CCC)(CCN(CCC)CCC)C[Si](C)(CC)OC. The number of hydrogen-bond donors (Lipinski definition) is 0. The molecule has 0 fully saturated rings. The van der Waals surface area contributed by atoms with E-state index in [1.807, 2.05) is 7.11 Å². The summed E-state index contributed by atoms with van der Waals surface area (Å²) in [6, 6.07) is 2.54. The molecule has 212 valence electrons. The molecule has 0 aliphatic rings. The van der Waals surface area contributed by atoms with Crippen molar-refractivity contribution in [3.05, 3.63) is 0 Å². The lowest BCUT2D eigenvalue weighted by Crippen LogP contribution is -2.44. The van der Waals surface area contributed by atoms with Gasteiger partial charge in [-0.3, -0.25) is 0 Å². The van der Waals surface area contributed by atoms with Gasteiger partial charge in [-0.2, -0.15) is 0 Å². The van der Waals surface area contributed by atoms with Crippen LogP contribution in [-0.2, 0) is 4.43 Å². The summed E-state index contributed by atoms with van der Waals surface area (Å²) >= 11 is 0. The Hall–Kier alpha value is 0.0569. The van der Waals surface area contributed by atoms with Crippen LogP contribution in [0, 0.1) is 5.41 Å². The minimum Gasteiger partial charge on any atom is -0.420 e. The first-order valence-corrected chi connectivity index (χ1v) is 18.4. The summed E-state index contributed by atoms with van der Waals surface area (Å²) in [5, 5.41) is 0. The Morgan fingerprint density at radius 3 is 1.00 bits per heavy atom. The van der Waals surface area contributed by atoms with Crippen LogP contribution in [0.15, 0.2) is 0 Å². The lowest BCUT2D eigenvalue weighted by molar-refractivity contribution is 0.130. The monoisotopic (exact) mass is 514 g/mol. The van der Waals surface area contributed by atoms with Gasteiger partial charge in [0.15, 0.2) is 8.32 Å². The Morgan fingerprint density at radius 2 is 0.800 bits per heavy atom. The molecule has 5 heteroatoms. The molecule has 0 radical (unpaired) electrons. The summed E-state index contributed by atoms with van der Waals surface area (Å²) in [7, 11) is 0.287. The van der Waals surface area contributed by atoms with E-state index in [4.69, 9.17) is 4.43 Å². The molecule has 1 unspecified atom stereocenters. The molecule has 0 aromatic rings. The van der Waals surface area contributed by atoms with Crippen LogP contribution in [0.3, 0.4) is 0 Å². The Morgan fingerprint density at radius 1 is 0.514 bits per heavy atom. The van der Waals surface area contributed by atoms with Gasteiger partial charge < -0.3 is 19.1 Å². The standard InChI is InChI=1S/C30H67N3OSi/c1-10-20-31(21-11-2)26-17-30(29-35(9,16-7)34-8,18-27-32(22-12-3)23-13-4)19-28-33(24-14-5)25-15-6/h10-29H2,1-9H3. The zero-order chi connectivity index (χ0) is 26.6. The van der Waals surface area contributed by atoms with Crippen molar-refractivity contribution in [1.82, 2.24) is 14.7 Å². The van der Waals surface area contributed by atoms with E-state index < -0.39 is 8.32 Å². The summed E-state index contributed by atoms with van der Waals surface area (Å²) in [5.41, 5.74) is 0.381. The Labute approximate surface area is 223 Å². The van der Waals surface area contributed by atoms with Crippen molar-refractivity contribution in [2.45, 2.75) is 125 Å². The van der Waals surface area contributed by atoms with Crippen LogP contribution in [0.1, 0.15) is 106 Å². The third kappa shape index (κ3) is 15.2. The predicted octanol–water partition coefficient (Wildman–Crippen LogP) is 7.75. The molecule has 0 aliphatic heterocycles. The molecular weight excluding hydrogens is 446 g/mol. The van der Waals surface area contributed by atoms with Crippen LogP contribution in [0.4, 0.5) is 0 Å². The third-order valence-electron chi connectivity index (χ3n) is 8.10. The first kappa shape index (κ1) is 35.1. The molecule has 0 saturated heterocycles. The smallest absolute Gasteiger partial charge is 0.189 e. The molecule has 4 nitrogen and oxygen atoms in total. The maximum atomic E-state index is 6.35. The zero-order valence-corrected chi connectivity index (χ0v) is 26.9. The van der Waals surface area contributed by atoms with Crippen LogP contribution in [-0.4, -0.2) is 89.0 Å². The fraction of sp³-hybridized carbons (Fsp3) is 1.00. The fourth-order valence-corrected chi connectivity index (χ4v) is 8.66. The number of nitrogens with zero attached hydrogens (tertiary/aromatic N) is 3. The molecule has 0 spiro atoms. The van der Waals surface area contributed by atoms with Crippen LogP contribution < -0.4 is 0 Å². The van der Waals surface area contributed by atoms with Gasteiger partial charge in [0, 0.05) is 7.11 Å². The van der Waals surface area contributed by atoms with Gasteiger partial charge in [-0.1, -0.05) is 48.5 Å². The maximum absolute atomic E-state index is 6.35. The quantitative estimate of drug-likeness (QED) is 0.116. The van der Waals surface area contributed by atoms with Crippen molar-refractivity contribution in [3.63, 3.8) is 0 Å². The first-order chi connectivity index (χ1) is 16.8. The van der Waals surface area contributed by atoms with Crippen molar-refractivity contribution in [2.75, 3.05) is 66.0 Å². The Bertz CT molecular complexity index is 404. The number of rotatable bonds is 25. The highest BCUT2D eigenvalue weighted by Gasteiger charge is 2.40. The van der Waals surface area contributed by atoms with Gasteiger partial charge in [0.05, 0.1) is 0 Å². The van der Waals surface area contributed by atoms with Gasteiger partial charge in [-0.15, -0.1) is 0 Å². The van der Waals surface area contributed by atoms with E-state index in [2.05, 4.69) is 69.7 Å². The summed E-state index contributed by atoms with van der Waals surface area (Å²) in [6.07, 6.45) is 11.5. The van der Waals surface area contributed by atoms with Crippen LogP contribution in [0.25, 0.3) is 0 Å². The van der Waals surface area contributed by atoms with Crippen molar-refractivity contribution < 1.29 is 4.43 Å². The molecule has 0 heterocycles. The topological polar surface area (TPSA) is 19.0 Å². The molecular formula is C30H67N3OSi. The summed E-state index contributed by atoms with van der Waals surface area (Å²) in [5.74, 6) is 0. The van der Waals surface area contributed by atoms with Crippen molar-refractivity contribution in [3.8, 4) is 0 Å². The Balaban J connectivity index is 6.01. The highest BCUT2D eigenvalue weighted by molar-refractivity contribution is 6.72. The second kappa shape index (κ2) is 21.0. The second-order valence-electron chi connectivity index (χ2n) is 11.5. The normalized spacial score (nSPS) is 14.4. The summed E-state index contributed by atoms with van der Waals surface area (Å²) in [4.78, 5) is 8.24. The van der Waals surface area contributed by atoms with E-state index in [-0.39, 0.29) is 0 Å². The third-order valence-corrected chi connectivity index (χ3v) is 12.1. The largest absolute Gasteiger partial charge is 0.420 e. The summed E-state index contributed by atoms with van der Waals surface area (Å²) in [6.45, 7) is 30.1. The average Bonchev–Trinajstić information content (AvgIpc) is 2.85. The maximum Gasteiger partial charge on any atom is 0.189 e. The predicted molar refractivity (Wildman–Crippen MR) is 161 cm³/mol. The summed E-state index contributed by atoms with van der Waals surface area (Å²) < 4.78 is 6.35. The van der Waals surface area contributed by atoms with Gasteiger partial charge in [0.25, 0.3) is 0 Å². The zero-order valence-electron chi connectivity index (χ0n) is 25.9.